The molecule has 3 heteroatoms. The van der Waals surface area contributed by atoms with Gasteiger partial charge in [0, 0.05) is 38.4 Å². The fourth-order valence-electron chi connectivity index (χ4n) is 0.700. The van der Waals surface area contributed by atoms with Crippen LogP contribution in [-0.4, -0.2) is 12.8 Å². The fourth-order valence-corrected chi connectivity index (χ4v) is 0.700. The molecular weight excluding hydrogens is 243 g/mol. The zero-order chi connectivity index (χ0) is 8.53. The van der Waals surface area contributed by atoms with Gasteiger partial charge in [-0.1, -0.05) is 18.2 Å². The van der Waals surface area contributed by atoms with E-state index < -0.39 is 0 Å². The van der Waals surface area contributed by atoms with Gasteiger partial charge in [0.05, 0.1) is 0 Å². The quantitative estimate of drug-likeness (QED) is 0.642. The van der Waals surface area contributed by atoms with E-state index in [4.69, 9.17) is 0 Å². The maximum absolute atomic E-state index is 4.08. The molecule has 12 heavy (non-hydrogen) atoms. The number of hydrogen-bond acceptors (Lipinski definition) is 2. The van der Waals surface area contributed by atoms with Crippen molar-refractivity contribution < 1.29 is 32.7 Å². The maximum Gasteiger partial charge on any atom is 0.0315 e. The van der Waals surface area contributed by atoms with Gasteiger partial charge < -0.3 is 24.9 Å². The fraction of sp³-hybridized carbons (Fsp3) is 0.222. The third kappa shape index (κ3) is 7.14. The van der Waals surface area contributed by atoms with Crippen molar-refractivity contribution >= 4 is 18.3 Å². The second kappa shape index (κ2) is 11.5. The number of nitrogens with one attached hydrogen (secondary N) is 1. The molecule has 65 valence electrons. The first-order valence-electron chi connectivity index (χ1n) is 3.42. The predicted octanol–water partition coefficient (Wildman–Crippen LogP) is 2.09. The van der Waals surface area contributed by atoms with Crippen LogP contribution in [0.25, 0.3) is 0 Å². The molecule has 1 N–H and O–H groups in total. The predicted molar refractivity (Wildman–Crippen MR) is 53.6 cm³/mol. The Balaban J connectivity index is 0. The van der Waals surface area contributed by atoms with Crippen LogP contribution in [0.1, 0.15) is 0 Å². The number of para-hydroxylation sites is 1. The summed E-state index contributed by atoms with van der Waals surface area (Å²) in [4.78, 5) is 0. The first-order chi connectivity index (χ1) is 5.43. The molecule has 1 aromatic carbocycles. The number of benzene rings is 1. The summed E-state index contributed by atoms with van der Waals surface area (Å²) in [6.45, 7) is 4.41. The van der Waals surface area contributed by atoms with Gasteiger partial charge in [0.1, 0.15) is 0 Å². The Hall–Kier alpha value is 0.474. The third-order valence-electron chi connectivity index (χ3n) is 1.10. The van der Waals surface area contributed by atoms with E-state index in [2.05, 4.69) is 24.9 Å². The van der Waals surface area contributed by atoms with Gasteiger partial charge in [0.15, 0.2) is 0 Å². The summed E-state index contributed by atoms with van der Waals surface area (Å²) in [6.07, 6.45) is 1.58. The summed E-state index contributed by atoms with van der Waals surface area (Å²) in [5.41, 5.74) is 1.13. The molecule has 0 bridgehead atoms. The number of anilines is 1. The SMILES string of the molecule is C[S-].[CH2-]CNc1ccccc1.[Y]. The van der Waals surface area contributed by atoms with E-state index in [1.807, 2.05) is 30.3 Å². The van der Waals surface area contributed by atoms with Crippen molar-refractivity contribution in [3.05, 3.63) is 37.3 Å². The van der Waals surface area contributed by atoms with Gasteiger partial charge >= 0.3 is 0 Å². The molecule has 0 amide bonds. The minimum atomic E-state index is 0. The van der Waals surface area contributed by atoms with E-state index in [9.17, 15) is 0 Å². The summed E-state index contributed by atoms with van der Waals surface area (Å²) in [6, 6.07) is 10.0. The van der Waals surface area contributed by atoms with E-state index >= 15 is 0 Å². The first-order valence-corrected chi connectivity index (χ1v) is 4.24. The van der Waals surface area contributed by atoms with Crippen molar-refractivity contribution in [3.8, 4) is 0 Å². The van der Waals surface area contributed by atoms with E-state index in [0.29, 0.717) is 0 Å². The zero-order valence-corrected chi connectivity index (χ0v) is 10.9. The van der Waals surface area contributed by atoms with Crippen molar-refractivity contribution in [2.24, 2.45) is 0 Å². The largest absolute Gasteiger partial charge is 0.796 e. The molecule has 0 aliphatic heterocycles. The Kier molecular flexibility index (Phi) is 14.3. The molecule has 0 atom stereocenters. The van der Waals surface area contributed by atoms with E-state index in [1.165, 1.54) is 0 Å². The van der Waals surface area contributed by atoms with Crippen LogP contribution in [0.2, 0.25) is 0 Å². The van der Waals surface area contributed by atoms with Gasteiger partial charge in [-0.05, 0) is 12.1 Å². The van der Waals surface area contributed by atoms with Gasteiger partial charge in [-0.25, -0.2) is 0 Å². The van der Waals surface area contributed by atoms with Crippen LogP contribution in [0.5, 0.6) is 0 Å². The number of hydrogen-bond donors (Lipinski definition) is 1. The zero-order valence-electron chi connectivity index (χ0n) is 7.29. The molecule has 0 saturated heterocycles. The summed E-state index contributed by atoms with van der Waals surface area (Å²) in [5.74, 6) is 0. The topological polar surface area (TPSA) is 12.0 Å². The van der Waals surface area contributed by atoms with Crippen LogP contribution in [0.15, 0.2) is 30.3 Å². The third-order valence-corrected chi connectivity index (χ3v) is 1.10. The van der Waals surface area contributed by atoms with Crippen molar-refractivity contribution in [3.63, 3.8) is 0 Å². The molecule has 0 aliphatic carbocycles. The van der Waals surface area contributed by atoms with E-state index in [1.54, 1.807) is 6.26 Å². The maximum atomic E-state index is 4.08. The summed E-state index contributed by atoms with van der Waals surface area (Å²) < 4.78 is 0. The average molecular weight is 256 g/mol. The molecule has 1 nitrogen and oxygen atoms in total. The van der Waals surface area contributed by atoms with Crippen LogP contribution in [-0.2, 0) is 45.3 Å². The summed E-state index contributed by atoms with van der Waals surface area (Å²) >= 11 is 4.08. The normalized spacial score (nSPS) is 7.25. The van der Waals surface area contributed by atoms with Gasteiger partial charge in [0.25, 0.3) is 0 Å². The molecule has 0 spiro atoms. The Morgan fingerprint density at radius 3 is 2.17 bits per heavy atom. The summed E-state index contributed by atoms with van der Waals surface area (Å²) in [7, 11) is 0. The molecule has 1 aromatic rings. The molecule has 1 radical (unpaired) electrons. The van der Waals surface area contributed by atoms with Gasteiger partial charge in [0.2, 0.25) is 0 Å². The van der Waals surface area contributed by atoms with Crippen LogP contribution >= 0.6 is 0 Å². The van der Waals surface area contributed by atoms with E-state index in [0.717, 1.165) is 12.2 Å². The van der Waals surface area contributed by atoms with Crippen LogP contribution in [0, 0.1) is 6.92 Å². The number of rotatable bonds is 2. The molecule has 0 aliphatic rings. The first kappa shape index (κ1) is 15.0. The smallest absolute Gasteiger partial charge is 0.0315 e. The molecule has 0 aromatic heterocycles. The van der Waals surface area contributed by atoms with Crippen molar-refractivity contribution in [2.45, 2.75) is 0 Å². The van der Waals surface area contributed by atoms with Crippen LogP contribution < -0.4 is 5.32 Å². The average Bonchev–Trinajstić information content (AvgIpc) is 2.11. The molecule has 0 unspecified atom stereocenters. The second-order valence-corrected chi connectivity index (χ2v) is 1.79. The van der Waals surface area contributed by atoms with Gasteiger partial charge in [-0.3, -0.25) is 0 Å². The Morgan fingerprint density at radius 1 is 1.25 bits per heavy atom. The van der Waals surface area contributed by atoms with Gasteiger partial charge in [-0.15, -0.1) is 6.54 Å². The second-order valence-electron chi connectivity index (χ2n) is 1.79. The monoisotopic (exact) mass is 256 g/mol. The van der Waals surface area contributed by atoms with Crippen molar-refractivity contribution in [1.82, 2.24) is 0 Å². The standard InChI is InChI=1S/C8H10N.CH4S.Y/c1-2-9-8-6-4-3-5-7-8;1-2;/h3-7,9H,1-2H2;2H,1H3;/q-1;;/p-1. The Morgan fingerprint density at radius 2 is 1.75 bits per heavy atom. The Labute approximate surface area is 106 Å². The minimum absolute atomic E-state index is 0. The van der Waals surface area contributed by atoms with Crippen molar-refractivity contribution in [1.29, 1.82) is 0 Å². The molecule has 0 saturated carbocycles. The van der Waals surface area contributed by atoms with Crippen LogP contribution in [0.3, 0.4) is 0 Å². The molecule has 0 fully saturated rings. The van der Waals surface area contributed by atoms with E-state index in [-0.39, 0.29) is 32.7 Å². The molecule has 1 rings (SSSR count). The molecule has 0 heterocycles. The van der Waals surface area contributed by atoms with Gasteiger partial charge in [-0.2, -0.15) is 6.26 Å². The van der Waals surface area contributed by atoms with Crippen molar-refractivity contribution in [2.75, 3.05) is 18.1 Å². The Bertz CT molecular complexity index is 167. The summed E-state index contributed by atoms with van der Waals surface area (Å²) in [5, 5.41) is 3.10. The minimum Gasteiger partial charge on any atom is -0.796 e. The molecular formula is C9H13NSY-2. The van der Waals surface area contributed by atoms with Crippen LogP contribution in [0.4, 0.5) is 5.69 Å².